The summed E-state index contributed by atoms with van der Waals surface area (Å²) in [5.74, 6) is 1.23. The zero-order valence-corrected chi connectivity index (χ0v) is 18.0. The molecule has 0 atom stereocenters. The van der Waals surface area contributed by atoms with Crippen LogP contribution in [0.1, 0.15) is 29.0 Å². The van der Waals surface area contributed by atoms with E-state index in [9.17, 15) is 14.0 Å². The molecule has 9 heteroatoms. The summed E-state index contributed by atoms with van der Waals surface area (Å²) in [4.78, 5) is 27.1. The molecule has 8 nitrogen and oxygen atoms in total. The maximum atomic E-state index is 14.2. The van der Waals surface area contributed by atoms with Crippen molar-refractivity contribution in [2.24, 2.45) is 5.92 Å². The van der Waals surface area contributed by atoms with Gasteiger partial charge in [0.1, 0.15) is 23.1 Å². The van der Waals surface area contributed by atoms with Crippen molar-refractivity contribution in [1.29, 1.82) is 0 Å². The van der Waals surface area contributed by atoms with E-state index in [-0.39, 0.29) is 17.5 Å². The SMILES string of the molecule is COc1ccc(C(=O)N2CCC(Cc3n[nH]c(=O)n3-c3ccccc3F)CC2)c(OC)c1. The van der Waals surface area contributed by atoms with Crippen molar-refractivity contribution in [1.82, 2.24) is 19.7 Å². The normalized spacial score (nSPS) is 14.4. The van der Waals surface area contributed by atoms with Crippen molar-refractivity contribution in [2.75, 3.05) is 27.3 Å². The Hall–Kier alpha value is -3.62. The number of nitrogens with one attached hydrogen (secondary N) is 1. The summed E-state index contributed by atoms with van der Waals surface area (Å²) in [5, 5.41) is 6.54. The summed E-state index contributed by atoms with van der Waals surface area (Å²) in [5.41, 5.74) is 0.206. The highest BCUT2D eigenvalue weighted by Gasteiger charge is 2.27. The summed E-state index contributed by atoms with van der Waals surface area (Å²) in [6.07, 6.45) is 2.02. The molecule has 32 heavy (non-hydrogen) atoms. The van der Waals surface area contributed by atoms with Crippen LogP contribution < -0.4 is 15.2 Å². The summed E-state index contributed by atoms with van der Waals surface area (Å²) < 4.78 is 26.1. The number of carbonyl (C=O) groups is 1. The molecule has 3 aromatic rings. The van der Waals surface area contributed by atoms with E-state index in [1.165, 1.54) is 17.7 Å². The standard InChI is InChI=1S/C23H25FN4O4/c1-31-16-7-8-17(20(14-16)32-2)22(29)27-11-9-15(10-12-27)13-21-25-26-23(30)28(21)19-6-4-3-5-18(19)24/h3-8,14-15H,9-13H2,1-2H3,(H,26,30). The first-order valence-corrected chi connectivity index (χ1v) is 10.4. The van der Waals surface area contributed by atoms with Gasteiger partial charge in [0.05, 0.1) is 25.5 Å². The molecule has 1 aliphatic rings. The minimum absolute atomic E-state index is 0.0917. The van der Waals surface area contributed by atoms with Gasteiger partial charge in [-0.25, -0.2) is 18.9 Å². The topological polar surface area (TPSA) is 89.5 Å². The Balaban J connectivity index is 1.44. The largest absolute Gasteiger partial charge is 0.497 e. The van der Waals surface area contributed by atoms with Crippen LogP contribution in [-0.2, 0) is 6.42 Å². The van der Waals surface area contributed by atoms with Gasteiger partial charge in [-0.15, -0.1) is 0 Å². The van der Waals surface area contributed by atoms with E-state index in [0.29, 0.717) is 42.4 Å². The van der Waals surface area contributed by atoms with Crippen LogP contribution in [0.15, 0.2) is 47.3 Å². The zero-order chi connectivity index (χ0) is 22.7. The number of amides is 1. The Morgan fingerprint density at radius 3 is 2.59 bits per heavy atom. The van der Waals surface area contributed by atoms with Crippen molar-refractivity contribution < 1.29 is 18.7 Å². The van der Waals surface area contributed by atoms with Crippen LogP contribution in [0, 0.1) is 11.7 Å². The monoisotopic (exact) mass is 440 g/mol. The fourth-order valence-electron chi connectivity index (χ4n) is 4.09. The first-order valence-electron chi connectivity index (χ1n) is 10.4. The fraction of sp³-hybridized carbons (Fsp3) is 0.348. The van der Waals surface area contributed by atoms with Crippen molar-refractivity contribution in [3.8, 4) is 17.2 Å². The molecule has 168 valence electrons. The summed E-state index contributed by atoms with van der Waals surface area (Å²) in [6.45, 7) is 1.15. The van der Waals surface area contributed by atoms with E-state index >= 15 is 0 Å². The Morgan fingerprint density at radius 1 is 1.16 bits per heavy atom. The number of ether oxygens (including phenoxy) is 2. The minimum atomic E-state index is -0.480. The van der Waals surface area contributed by atoms with Gasteiger partial charge in [0.15, 0.2) is 0 Å². The van der Waals surface area contributed by atoms with Crippen LogP contribution in [0.25, 0.3) is 5.69 Å². The van der Waals surface area contributed by atoms with Gasteiger partial charge in [0, 0.05) is 25.6 Å². The number of hydrogen-bond acceptors (Lipinski definition) is 5. The number of hydrogen-bond donors (Lipinski definition) is 1. The number of methoxy groups -OCH3 is 2. The Labute approximate surface area is 184 Å². The molecule has 0 spiro atoms. The number of likely N-dealkylation sites (tertiary alicyclic amines) is 1. The molecule has 1 aliphatic heterocycles. The average molecular weight is 440 g/mol. The first kappa shape index (κ1) is 21.6. The Bertz CT molecular complexity index is 1160. The number of rotatable bonds is 6. The second-order valence-corrected chi connectivity index (χ2v) is 7.74. The number of halogens is 1. The third-order valence-corrected chi connectivity index (χ3v) is 5.85. The number of benzene rings is 2. The molecule has 2 heterocycles. The van der Waals surface area contributed by atoms with E-state index in [4.69, 9.17) is 9.47 Å². The van der Waals surface area contributed by atoms with Gasteiger partial charge in [-0.05, 0) is 43.0 Å². The van der Waals surface area contributed by atoms with Gasteiger partial charge >= 0.3 is 5.69 Å². The Morgan fingerprint density at radius 2 is 1.91 bits per heavy atom. The molecule has 2 aromatic carbocycles. The quantitative estimate of drug-likeness (QED) is 0.637. The lowest BCUT2D eigenvalue weighted by Gasteiger charge is -2.32. The van der Waals surface area contributed by atoms with Gasteiger partial charge in [0.2, 0.25) is 0 Å². The molecule has 0 radical (unpaired) electrons. The third kappa shape index (κ3) is 4.23. The molecule has 1 N–H and O–H groups in total. The predicted molar refractivity (Wildman–Crippen MR) is 116 cm³/mol. The molecule has 0 saturated carbocycles. The number of nitrogens with zero attached hydrogens (tertiary/aromatic N) is 3. The second-order valence-electron chi connectivity index (χ2n) is 7.74. The van der Waals surface area contributed by atoms with Gasteiger partial charge < -0.3 is 14.4 Å². The zero-order valence-electron chi connectivity index (χ0n) is 18.0. The van der Waals surface area contributed by atoms with Crippen LogP contribution in [0.2, 0.25) is 0 Å². The number of aromatic amines is 1. The maximum Gasteiger partial charge on any atom is 0.348 e. The molecular formula is C23H25FN4O4. The maximum absolute atomic E-state index is 14.2. The van der Waals surface area contributed by atoms with Crippen molar-refractivity contribution >= 4 is 5.91 Å². The minimum Gasteiger partial charge on any atom is -0.497 e. The Kier molecular flexibility index (Phi) is 6.25. The van der Waals surface area contributed by atoms with Gasteiger partial charge in [-0.3, -0.25) is 4.79 Å². The van der Waals surface area contributed by atoms with Gasteiger partial charge in [0.25, 0.3) is 5.91 Å². The van der Waals surface area contributed by atoms with Crippen molar-refractivity contribution in [3.63, 3.8) is 0 Å². The molecule has 1 saturated heterocycles. The molecule has 0 aliphatic carbocycles. The van der Waals surface area contributed by atoms with Crippen LogP contribution in [0.3, 0.4) is 0 Å². The van der Waals surface area contributed by atoms with Gasteiger partial charge in [-0.2, -0.15) is 5.10 Å². The van der Waals surface area contributed by atoms with E-state index in [1.807, 2.05) is 0 Å². The number of piperidine rings is 1. The summed E-state index contributed by atoms with van der Waals surface area (Å²) in [7, 11) is 3.09. The fourth-order valence-corrected chi connectivity index (χ4v) is 4.09. The number of para-hydroxylation sites is 1. The molecule has 4 rings (SSSR count). The predicted octanol–water partition coefficient (Wildman–Crippen LogP) is 2.81. The lowest BCUT2D eigenvalue weighted by Crippen LogP contribution is -2.39. The van der Waals surface area contributed by atoms with E-state index in [1.54, 1.807) is 48.4 Å². The molecule has 0 unspecified atom stereocenters. The van der Waals surface area contributed by atoms with Crippen LogP contribution in [0.5, 0.6) is 11.5 Å². The highest BCUT2D eigenvalue weighted by atomic mass is 19.1. The van der Waals surface area contributed by atoms with Crippen molar-refractivity contribution in [2.45, 2.75) is 19.3 Å². The highest BCUT2D eigenvalue weighted by Crippen LogP contribution is 2.28. The third-order valence-electron chi connectivity index (χ3n) is 5.85. The molecular weight excluding hydrogens is 415 g/mol. The molecule has 1 aromatic heterocycles. The summed E-state index contributed by atoms with van der Waals surface area (Å²) >= 11 is 0. The van der Waals surface area contributed by atoms with E-state index < -0.39 is 11.5 Å². The van der Waals surface area contributed by atoms with Gasteiger partial charge in [-0.1, -0.05) is 12.1 Å². The molecule has 1 amide bonds. The number of aromatic nitrogens is 3. The van der Waals surface area contributed by atoms with E-state index in [2.05, 4.69) is 10.2 Å². The lowest BCUT2D eigenvalue weighted by atomic mass is 9.92. The smallest absolute Gasteiger partial charge is 0.348 e. The van der Waals surface area contributed by atoms with E-state index in [0.717, 1.165) is 12.8 Å². The highest BCUT2D eigenvalue weighted by molar-refractivity contribution is 5.97. The molecule has 1 fully saturated rings. The average Bonchev–Trinajstić information content (AvgIpc) is 3.18. The second kappa shape index (κ2) is 9.25. The van der Waals surface area contributed by atoms with Crippen molar-refractivity contribution in [3.05, 3.63) is 70.2 Å². The number of H-pyrrole nitrogens is 1. The molecule has 0 bridgehead atoms. The first-order chi connectivity index (χ1) is 15.5. The summed E-state index contributed by atoms with van der Waals surface area (Å²) in [6, 6.07) is 11.3. The van der Waals surface area contributed by atoms with Crippen LogP contribution >= 0.6 is 0 Å². The van der Waals surface area contributed by atoms with Crippen LogP contribution in [0.4, 0.5) is 4.39 Å². The lowest BCUT2D eigenvalue weighted by molar-refractivity contribution is 0.0686. The number of carbonyl (C=O) groups excluding carboxylic acids is 1. The van der Waals surface area contributed by atoms with Crippen LogP contribution in [-0.4, -0.2) is 52.9 Å².